The first-order chi connectivity index (χ1) is 7.69. The number of benzene rings is 1. The molecule has 1 atom stereocenters. The van der Waals surface area contributed by atoms with Crippen LogP contribution in [0.1, 0.15) is 50.3 Å². The molecule has 0 heterocycles. The summed E-state index contributed by atoms with van der Waals surface area (Å²) in [6.45, 7) is 7.57. The van der Waals surface area contributed by atoms with E-state index in [1.54, 1.807) is 0 Å². The van der Waals surface area contributed by atoms with Crippen molar-refractivity contribution in [3.63, 3.8) is 0 Å². The molecule has 0 saturated carbocycles. The van der Waals surface area contributed by atoms with Crippen molar-refractivity contribution in [3.05, 3.63) is 33.8 Å². The molecule has 1 unspecified atom stereocenters. The van der Waals surface area contributed by atoms with Crippen LogP contribution >= 0.6 is 15.9 Å². The third-order valence-electron chi connectivity index (χ3n) is 2.90. The second-order valence-electron chi connectivity index (χ2n) is 4.26. The first-order valence-corrected chi connectivity index (χ1v) is 6.97. The molecule has 1 nitrogen and oxygen atoms in total. The van der Waals surface area contributed by atoms with Crippen LogP contribution in [0, 0.1) is 6.92 Å². The highest BCUT2D eigenvalue weighted by Crippen LogP contribution is 2.24. The van der Waals surface area contributed by atoms with Crippen LogP contribution in [0.15, 0.2) is 22.7 Å². The van der Waals surface area contributed by atoms with Crippen molar-refractivity contribution in [2.75, 3.05) is 6.54 Å². The van der Waals surface area contributed by atoms with E-state index < -0.39 is 0 Å². The summed E-state index contributed by atoms with van der Waals surface area (Å²) in [5, 5.41) is 3.56. The van der Waals surface area contributed by atoms with Crippen LogP contribution in [0.4, 0.5) is 0 Å². The first-order valence-electron chi connectivity index (χ1n) is 6.18. The van der Waals surface area contributed by atoms with Crippen molar-refractivity contribution in [2.45, 2.75) is 46.1 Å². The predicted molar refractivity (Wildman–Crippen MR) is 74.8 cm³/mol. The Morgan fingerprint density at radius 1 is 1.31 bits per heavy atom. The van der Waals surface area contributed by atoms with Gasteiger partial charge in [-0.3, -0.25) is 0 Å². The van der Waals surface area contributed by atoms with Crippen molar-refractivity contribution in [1.29, 1.82) is 0 Å². The van der Waals surface area contributed by atoms with Gasteiger partial charge < -0.3 is 5.32 Å². The molecule has 1 rings (SSSR count). The van der Waals surface area contributed by atoms with Gasteiger partial charge >= 0.3 is 0 Å². The van der Waals surface area contributed by atoms with Gasteiger partial charge in [-0.1, -0.05) is 54.8 Å². The fourth-order valence-electron chi connectivity index (χ4n) is 1.87. The molecule has 0 aliphatic carbocycles. The van der Waals surface area contributed by atoms with E-state index in [2.05, 4.69) is 60.2 Å². The van der Waals surface area contributed by atoms with Gasteiger partial charge in [0.05, 0.1) is 0 Å². The summed E-state index contributed by atoms with van der Waals surface area (Å²) in [6.07, 6.45) is 3.76. The average Bonchev–Trinajstić information content (AvgIpc) is 2.28. The van der Waals surface area contributed by atoms with Crippen molar-refractivity contribution >= 4 is 15.9 Å². The SMILES string of the molecule is CCCCC(NCC)c1ccc(C)c(Br)c1. The zero-order valence-electron chi connectivity index (χ0n) is 10.5. The normalized spacial score (nSPS) is 12.8. The molecule has 0 aliphatic heterocycles. The lowest BCUT2D eigenvalue weighted by atomic mass is 10.00. The molecule has 1 N–H and O–H groups in total. The van der Waals surface area contributed by atoms with Gasteiger partial charge in [0.15, 0.2) is 0 Å². The van der Waals surface area contributed by atoms with Gasteiger partial charge in [0.25, 0.3) is 0 Å². The van der Waals surface area contributed by atoms with Gasteiger partial charge in [-0.05, 0) is 37.1 Å². The Kier molecular flexibility index (Phi) is 6.07. The van der Waals surface area contributed by atoms with E-state index in [0.717, 1.165) is 6.54 Å². The van der Waals surface area contributed by atoms with E-state index in [1.807, 2.05) is 0 Å². The van der Waals surface area contributed by atoms with E-state index in [0.29, 0.717) is 6.04 Å². The summed E-state index contributed by atoms with van der Waals surface area (Å²) in [5.74, 6) is 0. The van der Waals surface area contributed by atoms with E-state index in [4.69, 9.17) is 0 Å². The minimum Gasteiger partial charge on any atom is -0.310 e. The van der Waals surface area contributed by atoms with Crippen LogP contribution in [0.25, 0.3) is 0 Å². The topological polar surface area (TPSA) is 12.0 Å². The molecule has 1 aromatic rings. The third-order valence-corrected chi connectivity index (χ3v) is 3.75. The molecule has 0 aliphatic rings. The Bertz CT molecular complexity index is 323. The van der Waals surface area contributed by atoms with E-state index in [1.165, 1.54) is 34.9 Å². The monoisotopic (exact) mass is 283 g/mol. The number of unbranched alkanes of at least 4 members (excludes halogenated alkanes) is 1. The van der Waals surface area contributed by atoms with Crippen LogP contribution in [0.5, 0.6) is 0 Å². The largest absolute Gasteiger partial charge is 0.310 e. The smallest absolute Gasteiger partial charge is 0.0320 e. The zero-order chi connectivity index (χ0) is 12.0. The highest BCUT2D eigenvalue weighted by Gasteiger charge is 2.10. The fraction of sp³-hybridized carbons (Fsp3) is 0.571. The van der Waals surface area contributed by atoms with Gasteiger partial charge in [0.1, 0.15) is 0 Å². The lowest BCUT2D eigenvalue weighted by Gasteiger charge is -2.18. The molecular formula is C14H22BrN. The molecule has 2 heteroatoms. The van der Waals surface area contributed by atoms with Crippen molar-refractivity contribution < 1.29 is 0 Å². The van der Waals surface area contributed by atoms with Crippen LogP contribution in [-0.4, -0.2) is 6.54 Å². The molecule has 0 spiro atoms. The number of halogens is 1. The Labute approximate surface area is 108 Å². The summed E-state index contributed by atoms with van der Waals surface area (Å²) in [5.41, 5.74) is 2.70. The minimum atomic E-state index is 0.502. The maximum absolute atomic E-state index is 3.61. The number of nitrogens with one attached hydrogen (secondary N) is 1. The van der Waals surface area contributed by atoms with Crippen molar-refractivity contribution in [1.82, 2.24) is 5.32 Å². The Balaban J connectivity index is 2.78. The zero-order valence-corrected chi connectivity index (χ0v) is 12.1. The molecule has 16 heavy (non-hydrogen) atoms. The highest BCUT2D eigenvalue weighted by molar-refractivity contribution is 9.10. The maximum Gasteiger partial charge on any atom is 0.0320 e. The molecule has 0 radical (unpaired) electrons. The second-order valence-corrected chi connectivity index (χ2v) is 5.12. The summed E-state index contributed by atoms with van der Waals surface area (Å²) >= 11 is 3.61. The molecule has 0 amide bonds. The predicted octanol–water partition coefficient (Wildman–Crippen LogP) is 4.60. The van der Waals surface area contributed by atoms with E-state index in [9.17, 15) is 0 Å². The quantitative estimate of drug-likeness (QED) is 0.805. The summed E-state index contributed by atoms with van der Waals surface area (Å²) < 4.78 is 1.21. The molecule has 0 aromatic heterocycles. The van der Waals surface area contributed by atoms with Crippen molar-refractivity contribution in [2.24, 2.45) is 0 Å². The molecule has 90 valence electrons. The second kappa shape index (κ2) is 7.08. The van der Waals surface area contributed by atoms with Gasteiger partial charge in [-0.15, -0.1) is 0 Å². The van der Waals surface area contributed by atoms with E-state index >= 15 is 0 Å². The number of rotatable bonds is 6. The third kappa shape index (κ3) is 3.91. The fourth-order valence-corrected chi connectivity index (χ4v) is 2.26. The van der Waals surface area contributed by atoms with Crippen LogP contribution in [-0.2, 0) is 0 Å². The maximum atomic E-state index is 3.61. The minimum absolute atomic E-state index is 0.502. The first kappa shape index (κ1) is 13.7. The van der Waals surface area contributed by atoms with Crippen molar-refractivity contribution in [3.8, 4) is 0 Å². The van der Waals surface area contributed by atoms with Crippen LogP contribution in [0.2, 0.25) is 0 Å². The number of hydrogen-bond acceptors (Lipinski definition) is 1. The number of aryl methyl sites for hydroxylation is 1. The molecule has 1 aromatic carbocycles. The lowest BCUT2D eigenvalue weighted by molar-refractivity contribution is 0.494. The van der Waals surface area contributed by atoms with Crippen LogP contribution < -0.4 is 5.32 Å². The standard InChI is InChI=1S/C14H22BrN/c1-4-6-7-14(16-5-2)12-9-8-11(3)13(15)10-12/h8-10,14,16H,4-7H2,1-3H3. The van der Waals surface area contributed by atoms with E-state index in [-0.39, 0.29) is 0 Å². The Morgan fingerprint density at radius 2 is 2.06 bits per heavy atom. The molecule has 0 bridgehead atoms. The van der Waals surface area contributed by atoms with Gasteiger partial charge in [0.2, 0.25) is 0 Å². The van der Waals surface area contributed by atoms with Gasteiger partial charge in [0, 0.05) is 10.5 Å². The average molecular weight is 284 g/mol. The Morgan fingerprint density at radius 3 is 2.62 bits per heavy atom. The summed E-state index contributed by atoms with van der Waals surface area (Å²) in [4.78, 5) is 0. The highest BCUT2D eigenvalue weighted by atomic mass is 79.9. The van der Waals surface area contributed by atoms with Gasteiger partial charge in [-0.2, -0.15) is 0 Å². The lowest BCUT2D eigenvalue weighted by Crippen LogP contribution is -2.20. The Hall–Kier alpha value is -0.340. The van der Waals surface area contributed by atoms with Gasteiger partial charge in [-0.25, -0.2) is 0 Å². The summed E-state index contributed by atoms with van der Waals surface area (Å²) in [6, 6.07) is 7.18. The number of hydrogen-bond donors (Lipinski definition) is 1. The van der Waals surface area contributed by atoms with Crippen LogP contribution in [0.3, 0.4) is 0 Å². The molecule has 0 saturated heterocycles. The molecular weight excluding hydrogens is 262 g/mol. The summed E-state index contributed by atoms with van der Waals surface area (Å²) in [7, 11) is 0. The molecule has 0 fully saturated rings.